The normalized spacial score (nSPS) is 13.9. The third kappa shape index (κ3) is 22.8. The molecule has 10 N–H and O–H groups in total. The molecular weight excluding hydrogens is 1010 g/mol. The number of fused-ring (bicyclic) bond motifs is 3. The highest BCUT2D eigenvalue weighted by Crippen LogP contribution is 2.44. The van der Waals surface area contributed by atoms with Crippen LogP contribution < -0.4 is 48.3 Å². The van der Waals surface area contributed by atoms with Crippen LogP contribution in [0.15, 0.2) is 48.5 Å². The van der Waals surface area contributed by atoms with Gasteiger partial charge in [0.2, 0.25) is 41.4 Å². The van der Waals surface area contributed by atoms with Gasteiger partial charge < -0.3 is 67.2 Å². The molecular formula is C54H79N9O15. The van der Waals surface area contributed by atoms with Gasteiger partial charge in [0.15, 0.2) is 0 Å². The lowest BCUT2D eigenvalue weighted by Crippen LogP contribution is -2.57. The summed E-state index contributed by atoms with van der Waals surface area (Å²) in [5.41, 5.74) is 7.21. The van der Waals surface area contributed by atoms with Crippen LogP contribution in [0.2, 0.25) is 0 Å². The Balaban J connectivity index is 1.65. The molecule has 78 heavy (non-hydrogen) atoms. The molecule has 0 radical (unpaired) electrons. The number of ether oxygens (including phenoxy) is 4. The topological polar surface area (TPSA) is 347 Å². The van der Waals surface area contributed by atoms with Gasteiger partial charge in [0.25, 0.3) is 0 Å². The fraction of sp³-hybridized carbons (Fsp3) is 0.574. The molecule has 0 aliphatic heterocycles. The first-order valence-electron chi connectivity index (χ1n) is 25.9. The molecule has 9 amide bonds. The highest BCUT2D eigenvalue weighted by atomic mass is 16.6. The zero-order valence-electron chi connectivity index (χ0n) is 46.5. The monoisotopic (exact) mass is 1090 g/mol. The molecule has 24 nitrogen and oxygen atoms in total. The van der Waals surface area contributed by atoms with Crippen molar-refractivity contribution in [1.29, 1.82) is 0 Å². The lowest BCUT2D eigenvalue weighted by molar-refractivity contribution is -0.159. The van der Waals surface area contributed by atoms with Crippen molar-refractivity contribution >= 4 is 65.5 Å². The van der Waals surface area contributed by atoms with Gasteiger partial charge in [-0.2, -0.15) is 0 Å². The van der Waals surface area contributed by atoms with E-state index in [2.05, 4.69) is 42.5 Å². The molecule has 0 fully saturated rings. The van der Waals surface area contributed by atoms with Crippen LogP contribution in [0.5, 0.6) is 0 Å². The Bertz CT molecular complexity index is 2420. The van der Waals surface area contributed by atoms with Crippen molar-refractivity contribution < 1.29 is 71.7 Å². The fourth-order valence-electron chi connectivity index (χ4n) is 7.87. The van der Waals surface area contributed by atoms with E-state index in [1.165, 1.54) is 6.92 Å². The van der Waals surface area contributed by atoms with E-state index >= 15 is 0 Å². The van der Waals surface area contributed by atoms with E-state index in [1.807, 2.05) is 62.4 Å². The number of carbonyl (C=O) groups excluding carboxylic acids is 11. The van der Waals surface area contributed by atoms with Crippen LogP contribution in [0.1, 0.15) is 125 Å². The number of primary amides is 1. The molecule has 0 saturated heterocycles. The molecule has 3 rings (SSSR count). The molecule has 2 aromatic rings. The summed E-state index contributed by atoms with van der Waals surface area (Å²) in [6, 6.07) is 9.32. The number of rotatable bonds is 28. The summed E-state index contributed by atoms with van der Waals surface area (Å²) in [5, 5.41) is 19.8. The van der Waals surface area contributed by atoms with E-state index in [0.717, 1.165) is 22.3 Å². The Labute approximate surface area is 455 Å². The number of alkyl carbamates (subject to hydrolysis) is 2. The zero-order chi connectivity index (χ0) is 58.5. The summed E-state index contributed by atoms with van der Waals surface area (Å²) in [6.45, 7) is 16.6. The van der Waals surface area contributed by atoms with Gasteiger partial charge >= 0.3 is 24.1 Å². The quantitative estimate of drug-likeness (QED) is 0.0436. The van der Waals surface area contributed by atoms with Crippen molar-refractivity contribution in [3.05, 3.63) is 59.7 Å². The molecule has 0 bridgehead atoms. The molecule has 5 atom stereocenters. The Morgan fingerprint density at radius 2 is 1.13 bits per heavy atom. The lowest BCUT2D eigenvalue weighted by atomic mass is 9.98. The van der Waals surface area contributed by atoms with Crippen LogP contribution in [0.3, 0.4) is 0 Å². The van der Waals surface area contributed by atoms with E-state index in [9.17, 15) is 52.7 Å². The number of nitrogens with one attached hydrogen (secondary N) is 8. The van der Waals surface area contributed by atoms with Gasteiger partial charge in [-0.05, 0) is 102 Å². The van der Waals surface area contributed by atoms with Crippen LogP contribution in [0, 0.1) is 11.8 Å². The van der Waals surface area contributed by atoms with E-state index < -0.39 is 139 Å². The van der Waals surface area contributed by atoms with Crippen molar-refractivity contribution in [1.82, 2.24) is 42.5 Å². The molecule has 430 valence electrons. The lowest BCUT2D eigenvalue weighted by Gasteiger charge is -2.28. The fourth-order valence-corrected chi connectivity index (χ4v) is 7.87. The van der Waals surface area contributed by atoms with Crippen molar-refractivity contribution in [3.8, 4) is 11.1 Å². The van der Waals surface area contributed by atoms with Crippen LogP contribution in [-0.4, -0.2) is 140 Å². The summed E-state index contributed by atoms with van der Waals surface area (Å²) < 4.78 is 21.9. The number of amides is 9. The number of hydrogen-bond donors (Lipinski definition) is 9. The Morgan fingerprint density at radius 1 is 0.564 bits per heavy atom. The maximum atomic E-state index is 14.1. The number of esters is 2. The minimum atomic E-state index is -1.44. The molecule has 2 aromatic carbocycles. The van der Waals surface area contributed by atoms with Gasteiger partial charge in [0.05, 0.1) is 19.5 Å². The first-order chi connectivity index (χ1) is 36.4. The molecule has 1 aliphatic carbocycles. The molecule has 24 heteroatoms. The maximum absolute atomic E-state index is 14.1. The predicted molar refractivity (Wildman–Crippen MR) is 284 cm³/mol. The zero-order valence-corrected chi connectivity index (χ0v) is 46.5. The summed E-state index contributed by atoms with van der Waals surface area (Å²) in [7, 11) is 0. The molecule has 0 aromatic heterocycles. The number of nitrogens with two attached hydrogens (primary N) is 1. The predicted octanol–water partition coefficient (Wildman–Crippen LogP) is 2.24. The Hall–Kier alpha value is -7.79. The smallest absolute Gasteiger partial charge is 0.408 e. The first kappa shape index (κ1) is 64.5. The first-order valence-corrected chi connectivity index (χ1v) is 25.9. The van der Waals surface area contributed by atoms with Crippen LogP contribution >= 0.6 is 0 Å². The van der Waals surface area contributed by atoms with Crippen LogP contribution in [-0.2, 0) is 62.1 Å². The van der Waals surface area contributed by atoms with E-state index in [4.69, 9.17) is 24.7 Å². The van der Waals surface area contributed by atoms with Crippen molar-refractivity contribution in [2.45, 2.75) is 156 Å². The average molecular weight is 1090 g/mol. The Morgan fingerprint density at radius 3 is 1.69 bits per heavy atom. The summed E-state index contributed by atoms with van der Waals surface area (Å²) >= 11 is 0. The van der Waals surface area contributed by atoms with Gasteiger partial charge in [0, 0.05) is 18.9 Å². The minimum Gasteiger partial charge on any atom is -0.465 e. The summed E-state index contributed by atoms with van der Waals surface area (Å²) in [6.07, 6.45) is -2.98. The standard InChI is InChI=1S/C54H79N9O15/c1-30(2)26-40(50(72)77-53(6,7)8)61-48(70)38(60-49(71)45(31(3)4)63-51(73)76-29-37-35-18-14-12-16-33(35)34-17-13-15-19-36(34)37)20-21-44(67)75-25-23-42(65)56-24-22-39(62-52(74)78-54(9,10)11)47(69)59-32(5)46(68)58-28-43(66)57-27-41(55)64/h12-19,30-32,37-40,45H,20-29H2,1-11H3,(H2,55,64)(H,56,65)(H,57,66)(H,58,68)(H,59,69)(H,60,71)(H,61,70)(H,62,74)(H,63,73)/t32-,38-,39+,40-,45-/m0/s1. The molecule has 0 saturated carbocycles. The third-order valence-corrected chi connectivity index (χ3v) is 11.5. The second-order valence-electron chi connectivity index (χ2n) is 21.5. The molecule has 0 unspecified atom stereocenters. The van der Waals surface area contributed by atoms with E-state index in [1.54, 1.807) is 55.4 Å². The van der Waals surface area contributed by atoms with Crippen molar-refractivity contribution in [2.75, 3.05) is 32.8 Å². The SMILES string of the molecule is CC(C)C[C@H](NC(=O)[C@H](CCC(=O)OCCC(=O)NCC[C@@H](NC(=O)OC(C)(C)C)C(=O)N[C@@H](C)C(=O)NCC(=O)NCC(N)=O)NC(=O)[C@@H](NC(=O)OCC1c2ccccc2-c2ccccc21)C(C)C)C(=O)OC(C)(C)C. The van der Waals surface area contributed by atoms with Gasteiger partial charge in [-0.15, -0.1) is 0 Å². The van der Waals surface area contributed by atoms with Crippen molar-refractivity contribution in [3.63, 3.8) is 0 Å². The third-order valence-electron chi connectivity index (χ3n) is 11.5. The average Bonchev–Trinajstić information content (AvgIpc) is 3.65. The number of hydrogen-bond acceptors (Lipinski definition) is 15. The number of benzene rings is 2. The molecule has 0 heterocycles. The van der Waals surface area contributed by atoms with Gasteiger partial charge in [-0.3, -0.25) is 38.4 Å². The highest BCUT2D eigenvalue weighted by molar-refractivity contribution is 5.95. The van der Waals surface area contributed by atoms with Crippen LogP contribution in [0.4, 0.5) is 9.59 Å². The van der Waals surface area contributed by atoms with Gasteiger partial charge in [-0.1, -0.05) is 76.2 Å². The largest absolute Gasteiger partial charge is 0.465 e. The number of carbonyl (C=O) groups is 11. The van der Waals surface area contributed by atoms with E-state index in [0.29, 0.717) is 0 Å². The van der Waals surface area contributed by atoms with Crippen molar-refractivity contribution in [2.24, 2.45) is 17.6 Å². The molecule has 0 spiro atoms. The second kappa shape index (κ2) is 30.2. The minimum absolute atomic E-state index is 0.0210. The van der Waals surface area contributed by atoms with Crippen LogP contribution in [0.25, 0.3) is 11.1 Å². The van der Waals surface area contributed by atoms with E-state index in [-0.39, 0.29) is 50.7 Å². The second-order valence-corrected chi connectivity index (χ2v) is 21.5. The summed E-state index contributed by atoms with van der Waals surface area (Å²) in [4.78, 5) is 142. The Kier molecular flexibility index (Phi) is 25.0. The summed E-state index contributed by atoms with van der Waals surface area (Å²) in [5.74, 6) is -7.71. The molecule has 1 aliphatic rings. The maximum Gasteiger partial charge on any atom is 0.408 e. The van der Waals surface area contributed by atoms with Gasteiger partial charge in [-0.25, -0.2) is 14.4 Å². The highest BCUT2D eigenvalue weighted by Gasteiger charge is 2.35. The van der Waals surface area contributed by atoms with Gasteiger partial charge in [0.1, 0.15) is 54.6 Å².